The fraction of sp³-hybridized carbons (Fsp3) is 0.200. The number of benzene rings is 3. The number of aryl methyl sites for hydroxylation is 2. The lowest BCUT2D eigenvalue weighted by Crippen LogP contribution is -2.24. The average Bonchev–Trinajstić information content (AvgIpc) is 2.76. The monoisotopic (exact) mass is 418 g/mol. The fourth-order valence-electron chi connectivity index (χ4n) is 3.00. The summed E-state index contributed by atoms with van der Waals surface area (Å²) in [6.07, 6.45) is 1.54. The summed E-state index contributed by atoms with van der Waals surface area (Å²) in [4.78, 5) is 12.0. The summed E-state index contributed by atoms with van der Waals surface area (Å²) < 4.78 is 16.8. The number of hydrazone groups is 1. The number of amides is 1. The van der Waals surface area contributed by atoms with Gasteiger partial charge in [0.1, 0.15) is 12.4 Å². The summed E-state index contributed by atoms with van der Waals surface area (Å²) in [5, 5.41) is 3.99. The molecule has 0 heterocycles. The molecule has 0 aliphatic carbocycles. The number of hydrogen-bond acceptors (Lipinski definition) is 5. The molecule has 0 fully saturated rings. The van der Waals surface area contributed by atoms with E-state index in [9.17, 15) is 4.79 Å². The molecule has 0 spiro atoms. The molecule has 0 saturated carbocycles. The van der Waals surface area contributed by atoms with Crippen molar-refractivity contribution in [2.45, 2.75) is 20.5 Å². The largest absolute Gasteiger partial charge is 0.493 e. The van der Waals surface area contributed by atoms with Gasteiger partial charge in [0.25, 0.3) is 5.91 Å². The molecule has 0 atom stereocenters. The topological polar surface area (TPSA) is 69.2 Å². The van der Waals surface area contributed by atoms with Crippen LogP contribution in [-0.4, -0.2) is 25.8 Å². The zero-order chi connectivity index (χ0) is 22.1. The average molecular weight is 418 g/mol. The minimum atomic E-state index is -0.342. The van der Waals surface area contributed by atoms with Crippen molar-refractivity contribution in [2.75, 3.05) is 13.7 Å². The lowest BCUT2D eigenvalue weighted by atomic mass is 10.1. The van der Waals surface area contributed by atoms with E-state index in [0.717, 1.165) is 22.3 Å². The predicted octanol–water partition coefficient (Wildman–Crippen LogP) is 4.42. The van der Waals surface area contributed by atoms with Gasteiger partial charge in [0.15, 0.2) is 18.1 Å². The summed E-state index contributed by atoms with van der Waals surface area (Å²) in [6, 6.07) is 21.2. The smallest absolute Gasteiger partial charge is 0.277 e. The summed E-state index contributed by atoms with van der Waals surface area (Å²) in [7, 11) is 1.58. The Hall–Kier alpha value is -3.80. The second-order valence-electron chi connectivity index (χ2n) is 7.09. The second kappa shape index (κ2) is 10.8. The van der Waals surface area contributed by atoms with Gasteiger partial charge in [0.05, 0.1) is 13.3 Å². The van der Waals surface area contributed by atoms with Crippen LogP contribution in [0.25, 0.3) is 0 Å². The molecule has 6 nitrogen and oxygen atoms in total. The van der Waals surface area contributed by atoms with Crippen LogP contribution in [0.1, 0.15) is 22.3 Å². The first-order valence-electron chi connectivity index (χ1n) is 9.91. The van der Waals surface area contributed by atoms with Crippen LogP contribution in [0.15, 0.2) is 71.8 Å². The molecule has 1 amide bonds. The van der Waals surface area contributed by atoms with E-state index in [0.29, 0.717) is 23.9 Å². The Morgan fingerprint density at radius 1 is 0.935 bits per heavy atom. The standard InChI is InChI=1S/C25H26N2O4/c1-18-11-19(2)13-22(12-18)30-17-25(28)27-26-15-21-9-10-23(24(14-21)29-3)31-16-20-7-5-4-6-8-20/h4-15H,16-17H2,1-3H3,(H,27,28)/b26-15-. The Bertz CT molecular complexity index is 1030. The molecule has 0 aliphatic rings. The normalized spacial score (nSPS) is 10.7. The molecule has 0 radical (unpaired) electrons. The number of methoxy groups -OCH3 is 1. The number of nitrogens with zero attached hydrogens (tertiary/aromatic N) is 1. The Morgan fingerprint density at radius 2 is 1.68 bits per heavy atom. The maximum atomic E-state index is 12.0. The number of carbonyl (C=O) groups is 1. The molecule has 0 unspecified atom stereocenters. The lowest BCUT2D eigenvalue weighted by Gasteiger charge is -2.11. The van der Waals surface area contributed by atoms with Crippen molar-refractivity contribution in [3.05, 3.63) is 89.0 Å². The van der Waals surface area contributed by atoms with Crippen molar-refractivity contribution in [3.8, 4) is 17.2 Å². The number of carbonyl (C=O) groups excluding carboxylic acids is 1. The first-order valence-corrected chi connectivity index (χ1v) is 9.91. The Kier molecular flexibility index (Phi) is 7.65. The van der Waals surface area contributed by atoms with E-state index < -0.39 is 0 Å². The number of ether oxygens (including phenoxy) is 3. The van der Waals surface area contributed by atoms with Crippen LogP contribution in [0.5, 0.6) is 17.2 Å². The summed E-state index contributed by atoms with van der Waals surface area (Å²) >= 11 is 0. The molecule has 0 aromatic heterocycles. The van der Waals surface area contributed by atoms with Gasteiger partial charge in [-0.25, -0.2) is 5.43 Å². The number of nitrogens with one attached hydrogen (secondary N) is 1. The second-order valence-corrected chi connectivity index (χ2v) is 7.09. The van der Waals surface area contributed by atoms with E-state index in [-0.39, 0.29) is 12.5 Å². The van der Waals surface area contributed by atoms with Crippen molar-refractivity contribution < 1.29 is 19.0 Å². The lowest BCUT2D eigenvalue weighted by molar-refractivity contribution is -0.123. The highest BCUT2D eigenvalue weighted by molar-refractivity contribution is 5.83. The minimum absolute atomic E-state index is 0.115. The third kappa shape index (κ3) is 6.89. The van der Waals surface area contributed by atoms with E-state index in [4.69, 9.17) is 14.2 Å². The third-order valence-electron chi connectivity index (χ3n) is 4.39. The van der Waals surface area contributed by atoms with Crippen molar-refractivity contribution in [1.82, 2.24) is 5.43 Å². The first kappa shape index (κ1) is 21.9. The molecule has 3 rings (SSSR count). The molecule has 31 heavy (non-hydrogen) atoms. The fourth-order valence-corrected chi connectivity index (χ4v) is 3.00. The first-order chi connectivity index (χ1) is 15.0. The van der Waals surface area contributed by atoms with Crippen LogP contribution >= 0.6 is 0 Å². The van der Waals surface area contributed by atoms with Gasteiger partial charge in [-0.2, -0.15) is 5.10 Å². The molecular formula is C25H26N2O4. The Morgan fingerprint density at radius 3 is 2.39 bits per heavy atom. The van der Waals surface area contributed by atoms with Crippen molar-refractivity contribution in [3.63, 3.8) is 0 Å². The highest BCUT2D eigenvalue weighted by atomic mass is 16.5. The molecule has 0 aliphatic heterocycles. The molecule has 3 aromatic rings. The van der Waals surface area contributed by atoms with Gasteiger partial charge in [-0.15, -0.1) is 0 Å². The van der Waals surface area contributed by atoms with Gasteiger partial charge in [-0.1, -0.05) is 36.4 Å². The highest BCUT2D eigenvalue weighted by Crippen LogP contribution is 2.28. The maximum Gasteiger partial charge on any atom is 0.277 e. The predicted molar refractivity (Wildman–Crippen MR) is 121 cm³/mol. The Labute approximate surface area is 182 Å². The maximum absolute atomic E-state index is 12.0. The van der Waals surface area contributed by atoms with Crippen LogP contribution in [0.2, 0.25) is 0 Å². The SMILES string of the molecule is COc1cc(/C=N\NC(=O)COc2cc(C)cc(C)c2)ccc1OCc1ccccc1. The van der Waals surface area contributed by atoms with E-state index in [1.54, 1.807) is 13.2 Å². The molecule has 0 saturated heterocycles. The number of rotatable bonds is 9. The molecule has 0 bridgehead atoms. The van der Waals surface area contributed by atoms with E-state index in [1.165, 1.54) is 6.21 Å². The summed E-state index contributed by atoms with van der Waals surface area (Å²) in [6.45, 7) is 4.30. The molecule has 6 heteroatoms. The van der Waals surface area contributed by atoms with E-state index >= 15 is 0 Å². The van der Waals surface area contributed by atoms with E-state index in [2.05, 4.69) is 10.5 Å². The van der Waals surface area contributed by atoms with Crippen LogP contribution in [0.3, 0.4) is 0 Å². The van der Waals surface area contributed by atoms with Crippen LogP contribution in [-0.2, 0) is 11.4 Å². The zero-order valence-corrected chi connectivity index (χ0v) is 17.9. The highest BCUT2D eigenvalue weighted by Gasteiger charge is 2.06. The minimum Gasteiger partial charge on any atom is -0.493 e. The quantitative estimate of drug-likeness (QED) is 0.413. The molecule has 3 aromatic carbocycles. The van der Waals surface area contributed by atoms with Gasteiger partial charge >= 0.3 is 0 Å². The molecule has 1 N–H and O–H groups in total. The zero-order valence-electron chi connectivity index (χ0n) is 17.9. The van der Waals surface area contributed by atoms with Crippen molar-refractivity contribution in [2.24, 2.45) is 5.10 Å². The van der Waals surface area contributed by atoms with Gasteiger partial charge in [0, 0.05) is 0 Å². The van der Waals surface area contributed by atoms with Gasteiger partial charge in [0.2, 0.25) is 0 Å². The molecule has 160 valence electrons. The summed E-state index contributed by atoms with van der Waals surface area (Å²) in [5.74, 6) is 1.54. The number of hydrogen-bond donors (Lipinski definition) is 1. The van der Waals surface area contributed by atoms with Gasteiger partial charge in [-0.05, 0) is 66.4 Å². The Balaban J connectivity index is 1.52. The third-order valence-corrected chi connectivity index (χ3v) is 4.39. The molecular weight excluding hydrogens is 392 g/mol. The van der Waals surface area contributed by atoms with Crippen LogP contribution < -0.4 is 19.6 Å². The van der Waals surface area contributed by atoms with Crippen LogP contribution in [0, 0.1) is 13.8 Å². The summed E-state index contributed by atoms with van der Waals surface area (Å²) in [5.41, 5.74) is 6.46. The van der Waals surface area contributed by atoms with Crippen LogP contribution in [0.4, 0.5) is 0 Å². The van der Waals surface area contributed by atoms with Crippen molar-refractivity contribution in [1.29, 1.82) is 0 Å². The van der Waals surface area contributed by atoms with Gasteiger partial charge < -0.3 is 14.2 Å². The van der Waals surface area contributed by atoms with Gasteiger partial charge in [-0.3, -0.25) is 4.79 Å². The van der Waals surface area contributed by atoms with E-state index in [1.807, 2.05) is 74.5 Å². The van der Waals surface area contributed by atoms with Crippen molar-refractivity contribution >= 4 is 12.1 Å².